The van der Waals surface area contributed by atoms with Gasteiger partial charge in [-0.3, -0.25) is 0 Å². The number of aromatic carboxylic acids is 1. The van der Waals surface area contributed by atoms with E-state index in [0.717, 1.165) is 0 Å². The minimum absolute atomic E-state index is 0. The molecule has 0 fully saturated rings. The molecule has 0 unspecified atom stereocenters. The monoisotopic (exact) mass is 269 g/mol. The summed E-state index contributed by atoms with van der Waals surface area (Å²) in [5.74, 6) is -2.40. The zero-order valence-corrected chi connectivity index (χ0v) is 9.25. The van der Waals surface area contributed by atoms with Gasteiger partial charge in [-0.25, -0.2) is 9.18 Å². The molecule has 0 aromatic heterocycles. The highest BCUT2D eigenvalue weighted by Crippen LogP contribution is 2.30. The highest BCUT2D eigenvalue weighted by Gasteiger charge is 2.19. The first-order chi connectivity index (χ1) is 6.49. The number of rotatable bonds is 1. The van der Waals surface area contributed by atoms with Gasteiger partial charge < -0.3 is 5.11 Å². The predicted octanol–water partition coefficient (Wildman–Crippen LogP) is 3.12. The molecule has 1 rings (SSSR count). The number of carboxylic acids is 1. The average Bonchev–Trinajstić information content (AvgIpc) is 2.12. The smallest absolute Gasteiger partial charge is 0.337 e. The maximum absolute atomic E-state index is 13.0. The first-order valence-corrected chi connectivity index (χ1v) is 4.05. The lowest BCUT2D eigenvalue weighted by atomic mass is 10.1. The van der Waals surface area contributed by atoms with Crippen LogP contribution in [0.15, 0.2) is 6.07 Å². The van der Waals surface area contributed by atoms with Crippen molar-refractivity contribution in [3.8, 4) is 6.07 Å². The minimum atomic E-state index is -1.41. The van der Waals surface area contributed by atoms with E-state index in [0.29, 0.717) is 6.07 Å². The van der Waals surface area contributed by atoms with E-state index in [2.05, 4.69) is 0 Å². The van der Waals surface area contributed by atoms with Gasteiger partial charge >= 0.3 is 5.97 Å². The summed E-state index contributed by atoms with van der Waals surface area (Å²) in [4.78, 5) is 10.5. The lowest BCUT2D eigenvalue weighted by Crippen LogP contribution is -2.01. The Bertz CT molecular complexity index is 456. The van der Waals surface area contributed by atoms with Gasteiger partial charge in [0.25, 0.3) is 0 Å². The van der Waals surface area contributed by atoms with Gasteiger partial charge in [-0.1, -0.05) is 23.2 Å². The van der Waals surface area contributed by atoms with Crippen molar-refractivity contribution >= 4 is 41.6 Å². The molecule has 0 amide bonds. The van der Waals surface area contributed by atoms with E-state index in [1.54, 1.807) is 0 Å². The van der Waals surface area contributed by atoms with Crippen LogP contribution in [0.3, 0.4) is 0 Å². The quantitative estimate of drug-likeness (QED) is 0.798. The van der Waals surface area contributed by atoms with Crippen LogP contribution >= 0.6 is 35.6 Å². The number of hydrogen-bond donors (Lipinski definition) is 1. The summed E-state index contributed by atoms with van der Waals surface area (Å²) >= 11 is 10.9. The second kappa shape index (κ2) is 5.17. The Morgan fingerprint density at radius 1 is 1.47 bits per heavy atom. The van der Waals surface area contributed by atoms with Gasteiger partial charge in [0.05, 0.1) is 21.2 Å². The highest BCUT2D eigenvalue weighted by atomic mass is 35.5. The van der Waals surface area contributed by atoms with Crippen LogP contribution in [-0.4, -0.2) is 11.1 Å². The SMILES string of the molecule is Cl.N#Cc1c(Cl)c(F)cc(C(=O)O)c1Cl. The average molecular weight is 270 g/mol. The first kappa shape index (κ1) is 14.0. The van der Waals surface area contributed by atoms with Gasteiger partial charge in [0.2, 0.25) is 0 Å². The standard InChI is InChI=1S/C8H2Cl2FNO2.ClH/c9-6-3(8(13)14)1-5(11)7(10)4(6)2-12;/h1H,(H,13,14);1H. The number of nitriles is 1. The molecule has 0 aliphatic carbocycles. The van der Waals surface area contributed by atoms with Crippen LogP contribution < -0.4 is 0 Å². The zero-order valence-electron chi connectivity index (χ0n) is 6.92. The molecule has 1 aromatic rings. The summed E-state index contributed by atoms with van der Waals surface area (Å²) in [5.41, 5.74) is -0.851. The normalized spacial score (nSPS) is 8.93. The predicted molar refractivity (Wildman–Crippen MR) is 55.3 cm³/mol. The fourth-order valence-electron chi connectivity index (χ4n) is 0.858. The Morgan fingerprint density at radius 3 is 2.40 bits per heavy atom. The summed E-state index contributed by atoms with van der Waals surface area (Å²) < 4.78 is 13.0. The van der Waals surface area contributed by atoms with Gasteiger partial charge in [-0.05, 0) is 6.07 Å². The summed E-state index contributed by atoms with van der Waals surface area (Å²) in [7, 11) is 0. The number of hydrogen-bond acceptors (Lipinski definition) is 2. The largest absolute Gasteiger partial charge is 0.478 e. The molecule has 3 nitrogen and oxygen atoms in total. The van der Waals surface area contributed by atoms with Crippen LogP contribution in [0, 0.1) is 17.1 Å². The Morgan fingerprint density at radius 2 is 2.00 bits per heavy atom. The van der Waals surface area contributed by atoms with Crippen LogP contribution in [0.5, 0.6) is 0 Å². The maximum atomic E-state index is 13.0. The molecule has 7 heteroatoms. The van der Waals surface area contributed by atoms with Crippen LogP contribution in [0.4, 0.5) is 4.39 Å². The number of benzene rings is 1. The van der Waals surface area contributed by atoms with Crippen molar-refractivity contribution in [2.45, 2.75) is 0 Å². The van der Waals surface area contributed by atoms with Crippen molar-refractivity contribution in [2.75, 3.05) is 0 Å². The van der Waals surface area contributed by atoms with E-state index in [-0.39, 0.29) is 23.0 Å². The molecule has 0 saturated carbocycles. The van der Waals surface area contributed by atoms with E-state index in [1.807, 2.05) is 0 Å². The van der Waals surface area contributed by atoms with Crippen LogP contribution in [0.2, 0.25) is 10.0 Å². The Balaban J connectivity index is 0.00000196. The molecule has 1 aromatic carbocycles. The van der Waals surface area contributed by atoms with Gasteiger partial charge in [0.1, 0.15) is 11.9 Å². The molecule has 15 heavy (non-hydrogen) atoms. The Kier molecular flexibility index (Phi) is 4.82. The third kappa shape index (κ3) is 2.51. The van der Waals surface area contributed by atoms with Crippen molar-refractivity contribution in [3.05, 3.63) is 33.1 Å². The van der Waals surface area contributed by atoms with E-state index in [9.17, 15) is 9.18 Å². The van der Waals surface area contributed by atoms with Gasteiger partial charge in [0, 0.05) is 0 Å². The molecule has 0 atom stereocenters. The molecule has 1 N–H and O–H groups in total. The van der Waals surface area contributed by atoms with E-state index in [1.165, 1.54) is 6.07 Å². The van der Waals surface area contributed by atoms with Gasteiger partial charge in [0.15, 0.2) is 0 Å². The Hall–Kier alpha value is -1.02. The molecule has 0 bridgehead atoms. The number of halogens is 4. The van der Waals surface area contributed by atoms with Gasteiger partial charge in [-0.2, -0.15) is 5.26 Å². The number of carboxylic acid groups (broad SMARTS) is 1. The number of carbonyl (C=O) groups is 1. The topological polar surface area (TPSA) is 61.1 Å². The minimum Gasteiger partial charge on any atom is -0.478 e. The van der Waals surface area contributed by atoms with Gasteiger partial charge in [-0.15, -0.1) is 12.4 Å². The fraction of sp³-hybridized carbons (Fsp3) is 0. The number of nitrogens with zero attached hydrogens (tertiary/aromatic N) is 1. The summed E-state index contributed by atoms with van der Waals surface area (Å²) in [6.07, 6.45) is 0. The van der Waals surface area contributed by atoms with Crippen LogP contribution in [-0.2, 0) is 0 Å². The van der Waals surface area contributed by atoms with Crippen molar-refractivity contribution in [3.63, 3.8) is 0 Å². The zero-order chi connectivity index (χ0) is 10.9. The molecule has 0 heterocycles. The molecule has 80 valence electrons. The van der Waals surface area contributed by atoms with Crippen LogP contribution in [0.25, 0.3) is 0 Å². The molecule has 0 aliphatic rings. The second-order valence-corrected chi connectivity index (χ2v) is 3.08. The summed E-state index contributed by atoms with van der Waals surface area (Å²) in [6.45, 7) is 0. The lowest BCUT2D eigenvalue weighted by molar-refractivity contribution is 0.0696. The lowest BCUT2D eigenvalue weighted by Gasteiger charge is -2.03. The third-order valence-corrected chi connectivity index (χ3v) is 2.26. The van der Waals surface area contributed by atoms with Crippen molar-refractivity contribution in [1.82, 2.24) is 0 Å². The molecular weight excluding hydrogens is 267 g/mol. The summed E-state index contributed by atoms with van der Waals surface area (Å²) in [6, 6.07) is 2.21. The second-order valence-electron chi connectivity index (χ2n) is 2.33. The summed E-state index contributed by atoms with van der Waals surface area (Å²) in [5, 5.41) is 16.3. The Labute approximate surface area is 100 Å². The molecule has 0 saturated heterocycles. The van der Waals surface area contributed by atoms with E-state index < -0.39 is 22.4 Å². The van der Waals surface area contributed by atoms with Crippen molar-refractivity contribution in [1.29, 1.82) is 5.26 Å². The molecule has 0 aliphatic heterocycles. The fourth-order valence-corrected chi connectivity index (χ4v) is 1.37. The molecular formula is C8H3Cl3FNO2. The van der Waals surface area contributed by atoms with Crippen molar-refractivity contribution < 1.29 is 14.3 Å². The van der Waals surface area contributed by atoms with E-state index >= 15 is 0 Å². The van der Waals surface area contributed by atoms with Crippen LogP contribution in [0.1, 0.15) is 15.9 Å². The van der Waals surface area contributed by atoms with E-state index in [4.69, 9.17) is 33.6 Å². The molecule has 0 radical (unpaired) electrons. The maximum Gasteiger partial charge on any atom is 0.337 e. The third-order valence-electron chi connectivity index (χ3n) is 1.50. The highest BCUT2D eigenvalue weighted by molar-refractivity contribution is 6.38. The molecule has 0 spiro atoms. The van der Waals surface area contributed by atoms with Crippen molar-refractivity contribution in [2.24, 2.45) is 0 Å². The first-order valence-electron chi connectivity index (χ1n) is 3.30.